The molecule has 0 aromatic heterocycles. The van der Waals surface area contributed by atoms with Crippen LogP contribution in [0.25, 0.3) is 0 Å². The Balaban J connectivity index is 1.94. The minimum atomic E-state index is -0.241. The van der Waals surface area contributed by atoms with Crippen LogP contribution in [0.4, 0.5) is 5.69 Å². The number of ketones is 1. The van der Waals surface area contributed by atoms with Crippen LogP contribution in [0.2, 0.25) is 0 Å². The van der Waals surface area contributed by atoms with Crippen molar-refractivity contribution in [2.45, 2.75) is 0 Å². The van der Waals surface area contributed by atoms with E-state index < -0.39 is 0 Å². The zero-order valence-electron chi connectivity index (χ0n) is 12.5. The van der Waals surface area contributed by atoms with Gasteiger partial charge in [0, 0.05) is 34.5 Å². The molecule has 0 radical (unpaired) electrons. The van der Waals surface area contributed by atoms with Gasteiger partial charge in [-0.3, -0.25) is 9.59 Å². The van der Waals surface area contributed by atoms with Crippen LogP contribution in [0.15, 0.2) is 48.5 Å². The molecule has 0 heterocycles. The molecule has 2 rings (SSSR count). The van der Waals surface area contributed by atoms with Crippen molar-refractivity contribution in [2.24, 2.45) is 0 Å². The number of anilines is 1. The van der Waals surface area contributed by atoms with Crippen LogP contribution in [0, 0.1) is 3.57 Å². The summed E-state index contributed by atoms with van der Waals surface area (Å²) in [5.74, 6) is -0.348. The molecule has 5 heteroatoms. The fraction of sp³-hybridized carbons (Fsp3) is 0.176. The summed E-state index contributed by atoms with van der Waals surface area (Å²) in [5, 5.41) is 2.65. The molecule has 114 valence electrons. The standard InChI is InChI=1S/C17H17IN2O2/c1-20(2)15-9-5-12(6-10-15)16(21)11-19-17(22)13-3-7-14(18)8-4-13/h3-10H,11H2,1-2H3,(H,19,22). The highest BCUT2D eigenvalue weighted by Crippen LogP contribution is 2.12. The fourth-order valence-corrected chi connectivity index (χ4v) is 2.27. The van der Waals surface area contributed by atoms with Crippen LogP contribution < -0.4 is 10.2 Å². The summed E-state index contributed by atoms with van der Waals surface area (Å²) in [4.78, 5) is 26.0. The second-order valence-electron chi connectivity index (χ2n) is 5.05. The molecule has 22 heavy (non-hydrogen) atoms. The first-order valence-corrected chi connectivity index (χ1v) is 7.89. The molecule has 4 nitrogen and oxygen atoms in total. The third-order valence-electron chi connectivity index (χ3n) is 3.22. The Bertz CT molecular complexity index is 664. The normalized spacial score (nSPS) is 10.1. The van der Waals surface area contributed by atoms with Crippen molar-refractivity contribution < 1.29 is 9.59 Å². The van der Waals surface area contributed by atoms with Gasteiger partial charge in [0.1, 0.15) is 0 Å². The predicted octanol–water partition coefficient (Wildman–Crippen LogP) is 2.97. The lowest BCUT2D eigenvalue weighted by atomic mass is 10.1. The van der Waals surface area contributed by atoms with E-state index in [0.717, 1.165) is 9.26 Å². The van der Waals surface area contributed by atoms with Crippen molar-refractivity contribution in [3.8, 4) is 0 Å². The van der Waals surface area contributed by atoms with Gasteiger partial charge in [0.25, 0.3) is 5.91 Å². The van der Waals surface area contributed by atoms with E-state index in [1.54, 1.807) is 24.3 Å². The van der Waals surface area contributed by atoms with E-state index in [-0.39, 0.29) is 18.2 Å². The van der Waals surface area contributed by atoms with Crippen LogP contribution in [0.5, 0.6) is 0 Å². The highest BCUT2D eigenvalue weighted by atomic mass is 127. The number of nitrogens with zero attached hydrogens (tertiary/aromatic N) is 1. The molecule has 1 amide bonds. The van der Waals surface area contributed by atoms with Gasteiger partial charge in [0.05, 0.1) is 6.54 Å². The quantitative estimate of drug-likeness (QED) is 0.612. The van der Waals surface area contributed by atoms with Gasteiger partial charge in [0.15, 0.2) is 5.78 Å². The minimum absolute atomic E-state index is 0.00781. The third kappa shape index (κ3) is 4.30. The van der Waals surface area contributed by atoms with E-state index in [2.05, 4.69) is 27.9 Å². The lowest BCUT2D eigenvalue weighted by molar-refractivity contribution is 0.0904. The molecule has 0 atom stereocenters. The summed E-state index contributed by atoms with van der Waals surface area (Å²) in [6.07, 6.45) is 0. The van der Waals surface area contributed by atoms with Gasteiger partial charge in [-0.15, -0.1) is 0 Å². The van der Waals surface area contributed by atoms with Gasteiger partial charge < -0.3 is 10.2 Å². The minimum Gasteiger partial charge on any atom is -0.378 e. The number of carbonyl (C=O) groups excluding carboxylic acids is 2. The summed E-state index contributed by atoms with van der Waals surface area (Å²) in [5.41, 5.74) is 2.17. The predicted molar refractivity (Wildman–Crippen MR) is 96.6 cm³/mol. The zero-order valence-corrected chi connectivity index (χ0v) is 14.6. The highest BCUT2D eigenvalue weighted by molar-refractivity contribution is 14.1. The van der Waals surface area contributed by atoms with Gasteiger partial charge >= 0.3 is 0 Å². The average molecular weight is 408 g/mol. The highest BCUT2D eigenvalue weighted by Gasteiger charge is 2.10. The van der Waals surface area contributed by atoms with Gasteiger partial charge in [-0.1, -0.05) is 0 Å². The summed E-state index contributed by atoms with van der Waals surface area (Å²) in [6.45, 7) is -0.00781. The van der Waals surface area contributed by atoms with Crippen molar-refractivity contribution in [3.63, 3.8) is 0 Å². The van der Waals surface area contributed by atoms with E-state index in [0.29, 0.717) is 11.1 Å². The first-order chi connectivity index (χ1) is 10.5. The third-order valence-corrected chi connectivity index (χ3v) is 3.94. The van der Waals surface area contributed by atoms with Crippen molar-refractivity contribution in [1.29, 1.82) is 0 Å². The first kappa shape index (κ1) is 16.5. The number of halogens is 1. The van der Waals surface area contributed by atoms with Crippen LogP contribution in [0.1, 0.15) is 20.7 Å². The largest absolute Gasteiger partial charge is 0.378 e. The average Bonchev–Trinajstić information content (AvgIpc) is 2.53. The molecule has 2 aromatic carbocycles. The molecule has 0 saturated carbocycles. The number of hydrogen-bond acceptors (Lipinski definition) is 3. The van der Waals surface area contributed by atoms with E-state index in [1.807, 2.05) is 43.3 Å². The van der Waals surface area contributed by atoms with Gasteiger partial charge in [-0.05, 0) is 71.1 Å². The molecule has 0 aliphatic heterocycles. The van der Waals surface area contributed by atoms with E-state index in [1.165, 1.54) is 0 Å². The number of carbonyl (C=O) groups is 2. The number of rotatable bonds is 5. The van der Waals surface area contributed by atoms with Gasteiger partial charge in [-0.2, -0.15) is 0 Å². The maximum atomic E-state index is 12.1. The van der Waals surface area contributed by atoms with Crippen LogP contribution in [-0.4, -0.2) is 32.3 Å². The lowest BCUT2D eigenvalue weighted by Crippen LogP contribution is -2.29. The molecule has 1 N–H and O–H groups in total. The summed E-state index contributed by atoms with van der Waals surface area (Å²) < 4.78 is 1.06. The molecule has 0 bridgehead atoms. The van der Waals surface area contributed by atoms with Gasteiger partial charge in [-0.25, -0.2) is 0 Å². The van der Waals surface area contributed by atoms with Crippen molar-refractivity contribution in [2.75, 3.05) is 25.5 Å². The van der Waals surface area contributed by atoms with Crippen LogP contribution in [-0.2, 0) is 0 Å². The Morgan fingerprint density at radius 3 is 2.05 bits per heavy atom. The molecule has 0 saturated heterocycles. The Hall–Kier alpha value is -1.89. The van der Waals surface area contributed by atoms with E-state index in [4.69, 9.17) is 0 Å². The smallest absolute Gasteiger partial charge is 0.251 e. The SMILES string of the molecule is CN(C)c1ccc(C(=O)CNC(=O)c2ccc(I)cc2)cc1. The number of hydrogen-bond donors (Lipinski definition) is 1. The summed E-state index contributed by atoms with van der Waals surface area (Å²) >= 11 is 2.18. The molecule has 0 spiro atoms. The molecule has 0 fully saturated rings. The molecule has 0 aliphatic rings. The molecule has 0 unspecified atom stereocenters. The van der Waals surface area contributed by atoms with Crippen molar-refractivity contribution in [1.82, 2.24) is 5.32 Å². The number of nitrogens with one attached hydrogen (secondary N) is 1. The monoisotopic (exact) mass is 408 g/mol. The maximum Gasteiger partial charge on any atom is 0.251 e. The van der Waals surface area contributed by atoms with Crippen LogP contribution >= 0.6 is 22.6 Å². The fourth-order valence-electron chi connectivity index (χ4n) is 1.91. The first-order valence-electron chi connectivity index (χ1n) is 6.82. The number of amides is 1. The number of Topliss-reactive ketones (excluding diaryl/α,β-unsaturated/α-hetero) is 1. The lowest BCUT2D eigenvalue weighted by Gasteiger charge is -2.12. The second kappa shape index (κ2) is 7.40. The summed E-state index contributed by atoms with van der Waals surface area (Å²) in [7, 11) is 3.89. The van der Waals surface area contributed by atoms with E-state index in [9.17, 15) is 9.59 Å². The zero-order chi connectivity index (χ0) is 16.1. The van der Waals surface area contributed by atoms with Crippen LogP contribution in [0.3, 0.4) is 0 Å². The van der Waals surface area contributed by atoms with E-state index >= 15 is 0 Å². The Morgan fingerprint density at radius 2 is 1.50 bits per heavy atom. The molecule has 0 aliphatic carbocycles. The second-order valence-corrected chi connectivity index (χ2v) is 6.30. The maximum absolute atomic E-state index is 12.1. The summed E-state index contributed by atoms with van der Waals surface area (Å²) in [6, 6.07) is 14.5. The Labute approximate surface area is 143 Å². The van der Waals surface area contributed by atoms with Crippen molar-refractivity contribution in [3.05, 3.63) is 63.2 Å². The van der Waals surface area contributed by atoms with Crippen molar-refractivity contribution >= 4 is 40.0 Å². The Kier molecular flexibility index (Phi) is 5.54. The topological polar surface area (TPSA) is 49.4 Å². The molecular formula is C17H17IN2O2. The molecular weight excluding hydrogens is 391 g/mol. The van der Waals surface area contributed by atoms with Gasteiger partial charge in [0.2, 0.25) is 0 Å². The number of benzene rings is 2. The Morgan fingerprint density at radius 1 is 0.955 bits per heavy atom. The molecule has 2 aromatic rings.